The number of rotatable bonds is 47. The van der Waals surface area contributed by atoms with Crippen molar-refractivity contribution in [1.29, 1.82) is 0 Å². The Kier molecular flexibility index (Phi) is 44.7. The fourth-order valence-electron chi connectivity index (χ4n) is 7.96. The Morgan fingerprint density at radius 3 is 0.966 bits per heavy atom. The summed E-state index contributed by atoms with van der Waals surface area (Å²) in [4.78, 5) is 38.0. The molecule has 0 aliphatic carbocycles. The first-order chi connectivity index (χ1) is 28.8. The SMILES string of the molecule is CCCCCCCCCCCCCCCCCC(=O)OC[C@H](COC(=O)CCCCCCCCCCC(C)CC)OC(=O)CCCCCCCCCCCCCC(C)C. The van der Waals surface area contributed by atoms with Crippen molar-refractivity contribution < 1.29 is 28.6 Å². The fourth-order valence-corrected chi connectivity index (χ4v) is 7.96. The van der Waals surface area contributed by atoms with E-state index in [0.717, 1.165) is 69.6 Å². The predicted molar refractivity (Wildman–Crippen MR) is 252 cm³/mol. The summed E-state index contributed by atoms with van der Waals surface area (Å²) in [6.07, 6.45) is 46.5. The minimum atomic E-state index is -0.762. The number of carbonyl (C=O) groups is 3. The summed E-state index contributed by atoms with van der Waals surface area (Å²) in [6.45, 7) is 11.4. The second-order valence-corrected chi connectivity index (χ2v) is 18.9. The quantitative estimate of drug-likeness (QED) is 0.0345. The molecule has 6 heteroatoms. The van der Waals surface area contributed by atoms with Crippen LogP contribution in [0.4, 0.5) is 0 Å². The van der Waals surface area contributed by atoms with Crippen molar-refractivity contribution in [2.24, 2.45) is 11.8 Å². The maximum absolute atomic E-state index is 12.8. The van der Waals surface area contributed by atoms with Crippen LogP contribution in [0, 0.1) is 11.8 Å². The van der Waals surface area contributed by atoms with Crippen molar-refractivity contribution in [1.82, 2.24) is 0 Å². The molecular formula is C53H102O6. The van der Waals surface area contributed by atoms with Gasteiger partial charge in [-0.3, -0.25) is 14.4 Å². The smallest absolute Gasteiger partial charge is 0.306 e. The lowest BCUT2D eigenvalue weighted by Gasteiger charge is -2.18. The molecule has 0 aliphatic heterocycles. The zero-order valence-corrected chi connectivity index (χ0v) is 40.4. The molecule has 2 atom stereocenters. The van der Waals surface area contributed by atoms with E-state index in [9.17, 15) is 14.4 Å². The Morgan fingerprint density at radius 2 is 0.644 bits per heavy atom. The van der Waals surface area contributed by atoms with Crippen molar-refractivity contribution in [3.05, 3.63) is 0 Å². The molecule has 0 saturated carbocycles. The van der Waals surface area contributed by atoms with Crippen LogP contribution in [0.15, 0.2) is 0 Å². The van der Waals surface area contributed by atoms with E-state index in [1.807, 2.05) is 0 Å². The summed E-state index contributed by atoms with van der Waals surface area (Å²) in [7, 11) is 0. The van der Waals surface area contributed by atoms with Gasteiger partial charge in [0.05, 0.1) is 0 Å². The Labute approximate surface area is 368 Å². The third-order valence-electron chi connectivity index (χ3n) is 12.3. The molecular weight excluding hydrogens is 733 g/mol. The third-order valence-corrected chi connectivity index (χ3v) is 12.3. The van der Waals surface area contributed by atoms with Crippen LogP contribution < -0.4 is 0 Å². The molecule has 0 N–H and O–H groups in total. The van der Waals surface area contributed by atoms with Gasteiger partial charge in [-0.15, -0.1) is 0 Å². The first-order valence-electron chi connectivity index (χ1n) is 26.3. The summed E-state index contributed by atoms with van der Waals surface area (Å²) < 4.78 is 16.8. The highest BCUT2D eigenvalue weighted by Crippen LogP contribution is 2.18. The van der Waals surface area contributed by atoms with E-state index < -0.39 is 6.10 Å². The van der Waals surface area contributed by atoms with Gasteiger partial charge in [0.25, 0.3) is 0 Å². The third kappa shape index (κ3) is 45.8. The molecule has 0 aliphatic rings. The molecule has 6 nitrogen and oxygen atoms in total. The van der Waals surface area contributed by atoms with E-state index in [1.165, 1.54) is 180 Å². The normalized spacial score (nSPS) is 12.5. The molecule has 0 fully saturated rings. The largest absolute Gasteiger partial charge is 0.462 e. The zero-order chi connectivity index (χ0) is 43.3. The fraction of sp³-hybridized carbons (Fsp3) is 0.943. The summed E-state index contributed by atoms with van der Waals surface area (Å²) in [5.74, 6) is 0.824. The van der Waals surface area contributed by atoms with Gasteiger partial charge in [0.2, 0.25) is 0 Å². The predicted octanol–water partition coefficient (Wildman–Crippen LogP) is 16.9. The highest BCUT2D eigenvalue weighted by Gasteiger charge is 2.19. The number of hydrogen-bond acceptors (Lipinski definition) is 6. The molecule has 0 aromatic carbocycles. The molecule has 0 rings (SSSR count). The lowest BCUT2D eigenvalue weighted by molar-refractivity contribution is -0.167. The molecule has 0 aromatic heterocycles. The second-order valence-electron chi connectivity index (χ2n) is 18.9. The van der Waals surface area contributed by atoms with Crippen molar-refractivity contribution in [2.45, 2.75) is 298 Å². The van der Waals surface area contributed by atoms with Crippen molar-refractivity contribution in [3.63, 3.8) is 0 Å². The van der Waals surface area contributed by atoms with Gasteiger partial charge >= 0.3 is 17.9 Å². The van der Waals surface area contributed by atoms with Crippen molar-refractivity contribution >= 4 is 17.9 Å². The van der Waals surface area contributed by atoms with Crippen LogP contribution in [0.2, 0.25) is 0 Å². The first-order valence-corrected chi connectivity index (χ1v) is 26.3. The molecule has 0 spiro atoms. The van der Waals surface area contributed by atoms with E-state index in [-0.39, 0.29) is 31.1 Å². The molecule has 1 unspecified atom stereocenters. The van der Waals surface area contributed by atoms with Crippen LogP contribution in [0.3, 0.4) is 0 Å². The molecule has 350 valence electrons. The van der Waals surface area contributed by atoms with Gasteiger partial charge in [0.15, 0.2) is 6.10 Å². The number of esters is 3. The van der Waals surface area contributed by atoms with Crippen LogP contribution in [-0.2, 0) is 28.6 Å². The Hall–Kier alpha value is -1.59. The summed E-state index contributed by atoms with van der Waals surface area (Å²) in [5, 5.41) is 0. The minimum absolute atomic E-state index is 0.0638. The van der Waals surface area contributed by atoms with E-state index >= 15 is 0 Å². The first kappa shape index (κ1) is 57.4. The van der Waals surface area contributed by atoms with Crippen molar-refractivity contribution in [2.75, 3.05) is 13.2 Å². The van der Waals surface area contributed by atoms with Gasteiger partial charge in [-0.1, -0.05) is 253 Å². The lowest BCUT2D eigenvalue weighted by Crippen LogP contribution is -2.30. The zero-order valence-electron chi connectivity index (χ0n) is 40.4. The van der Waals surface area contributed by atoms with Crippen LogP contribution in [0.1, 0.15) is 291 Å². The molecule has 59 heavy (non-hydrogen) atoms. The Morgan fingerprint density at radius 1 is 0.356 bits per heavy atom. The Balaban J connectivity index is 4.32. The van der Waals surface area contributed by atoms with E-state index in [2.05, 4.69) is 34.6 Å². The molecule has 0 radical (unpaired) electrons. The van der Waals surface area contributed by atoms with Crippen LogP contribution in [0.5, 0.6) is 0 Å². The standard InChI is InChI=1S/C53H102O6/c1-6-8-9-10-11-12-13-14-15-16-19-22-28-33-38-43-51(54)57-46-50(47-58-52(55)44-39-34-29-25-24-27-32-37-42-49(5)7-2)59-53(56)45-40-35-30-23-20-17-18-21-26-31-36-41-48(3)4/h48-50H,6-47H2,1-5H3/t49?,50-/m1/s1. The summed E-state index contributed by atoms with van der Waals surface area (Å²) in [6, 6.07) is 0. The van der Waals surface area contributed by atoms with Gasteiger partial charge in [-0.05, 0) is 31.1 Å². The van der Waals surface area contributed by atoms with Gasteiger partial charge in [-0.25, -0.2) is 0 Å². The van der Waals surface area contributed by atoms with Crippen LogP contribution >= 0.6 is 0 Å². The summed E-state index contributed by atoms with van der Waals surface area (Å²) in [5.41, 5.74) is 0. The van der Waals surface area contributed by atoms with Gasteiger partial charge in [0.1, 0.15) is 13.2 Å². The number of unbranched alkanes of at least 4 members (excludes halogenated alkanes) is 31. The number of hydrogen-bond donors (Lipinski definition) is 0. The highest BCUT2D eigenvalue weighted by atomic mass is 16.6. The lowest BCUT2D eigenvalue weighted by atomic mass is 9.99. The molecule has 0 heterocycles. The van der Waals surface area contributed by atoms with E-state index in [0.29, 0.717) is 19.3 Å². The average molecular weight is 835 g/mol. The number of ether oxygens (including phenoxy) is 3. The van der Waals surface area contributed by atoms with E-state index in [4.69, 9.17) is 14.2 Å². The van der Waals surface area contributed by atoms with Crippen LogP contribution in [-0.4, -0.2) is 37.2 Å². The topological polar surface area (TPSA) is 78.9 Å². The average Bonchev–Trinajstić information content (AvgIpc) is 3.22. The maximum Gasteiger partial charge on any atom is 0.306 e. The maximum atomic E-state index is 12.8. The number of carbonyl (C=O) groups excluding carboxylic acids is 3. The molecule has 0 aromatic rings. The van der Waals surface area contributed by atoms with Gasteiger partial charge in [-0.2, -0.15) is 0 Å². The second kappa shape index (κ2) is 45.9. The van der Waals surface area contributed by atoms with E-state index in [1.54, 1.807) is 0 Å². The summed E-state index contributed by atoms with van der Waals surface area (Å²) >= 11 is 0. The van der Waals surface area contributed by atoms with Crippen LogP contribution in [0.25, 0.3) is 0 Å². The molecule has 0 saturated heterocycles. The van der Waals surface area contributed by atoms with Gasteiger partial charge in [0, 0.05) is 19.3 Å². The highest BCUT2D eigenvalue weighted by molar-refractivity contribution is 5.71. The van der Waals surface area contributed by atoms with Crippen molar-refractivity contribution in [3.8, 4) is 0 Å². The molecule has 0 bridgehead atoms. The molecule has 0 amide bonds. The Bertz CT molecular complexity index is 902. The minimum Gasteiger partial charge on any atom is -0.462 e. The van der Waals surface area contributed by atoms with Gasteiger partial charge < -0.3 is 14.2 Å². The monoisotopic (exact) mass is 835 g/mol.